The fourth-order valence-electron chi connectivity index (χ4n) is 3.06. The summed E-state index contributed by atoms with van der Waals surface area (Å²) in [5, 5.41) is 0. The van der Waals surface area contributed by atoms with Crippen molar-refractivity contribution in [3.63, 3.8) is 0 Å². The lowest BCUT2D eigenvalue weighted by molar-refractivity contribution is 0.373. The van der Waals surface area contributed by atoms with Gasteiger partial charge >= 0.3 is 0 Å². The molecular weight excluding hydrogens is 222 g/mol. The van der Waals surface area contributed by atoms with E-state index in [1.54, 1.807) is 7.11 Å². The summed E-state index contributed by atoms with van der Waals surface area (Å²) < 4.78 is 5.40. The van der Waals surface area contributed by atoms with E-state index in [0.29, 0.717) is 0 Å². The molecule has 0 amide bonds. The van der Waals surface area contributed by atoms with Crippen LogP contribution in [0.4, 0.5) is 0 Å². The number of ether oxygens (including phenoxy) is 1. The molecular formula is C16H25NO. The molecule has 0 heterocycles. The number of para-hydroxylation sites is 1. The summed E-state index contributed by atoms with van der Waals surface area (Å²) in [4.78, 5) is 0. The van der Waals surface area contributed by atoms with Gasteiger partial charge in [0.2, 0.25) is 0 Å². The molecule has 2 heteroatoms. The van der Waals surface area contributed by atoms with Crippen LogP contribution >= 0.6 is 0 Å². The minimum absolute atomic E-state index is 0.115. The second-order valence-electron chi connectivity index (χ2n) is 5.44. The van der Waals surface area contributed by atoms with Crippen LogP contribution in [0.25, 0.3) is 0 Å². The molecule has 0 saturated heterocycles. The third kappa shape index (κ3) is 3.49. The van der Waals surface area contributed by atoms with Crippen LogP contribution in [0.3, 0.4) is 0 Å². The standard InChI is InChI=1S/C16H25NO/c1-18-16-11-7-6-10-14(16)15(17)12-13-8-4-2-3-5-9-13/h6-7,10-11,13,15H,2-5,8-9,12,17H2,1H3. The summed E-state index contributed by atoms with van der Waals surface area (Å²) in [6, 6.07) is 8.26. The first kappa shape index (κ1) is 13.4. The smallest absolute Gasteiger partial charge is 0.123 e. The Morgan fingerprint density at radius 1 is 1.17 bits per heavy atom. The summed E-state index contributed by atoms with van der Waals surface area (Å²) in [5.41, 5.74) is 7.53. The summed E-state index contributed by atoms with van der Waals surface area (Å²) in [6.07, 6.45) is 9.36. The Balaban J connectivity index is 1.99. The van der Waals surface area contributed by atoms with Gasteiger partial charge in [0, 0.05) is 11.6 Å². The van der Waals surface area contributed by atoms with Crippen LogP contribution in [0.15, 0.2) is 24.3 Å². The average Bonchev–Trinajstić information content (AvgIpc) is 2.67. The van der Waals surface area contributed by atoms with E-state index in [1.807, 2.05) is 18.2 Å². The average molecular weight is 247 g/mol. The van der Waals surface area contributed by atoms with E-state index in [4.69, 9.17) is 10.5 Å². The van der Waals surface area contributed by atoms with Gasteiger partial charge in [0.05, 0.1) is 7.11 Å². The van der Waals surface area contributed by atoms with Crippen molar-refractivity contribution >= 4 is 0 Å². The first-order chi connectivity index (χ1) is 8.81. The van der Waals surface area contributed by atoms with Crippen LogP contribution in [-0.2, 0) is 0 Å². The minimum Gasteiger partial charge on any atom is -0.496 e. The van der Waals surface area contributed by atoms with Crippen molar-refractivity contribution < 1.29 is 4.74 Å². The largest absolute Gasteiger partial charge is 0.496 e. The Labute approximate surface area is 111 Å². The molecule has 1 atom stereocenters. The molecule has 2 N–H and O–H groups in total. The number of hydrogen-bond acceptors (Lipinski definition) is 2. The van der Waals surface area contributed by atoms with Crippen LogP contribution in [-0.4, -0.2) is 7.11 Å². The van der Waals surface area contributed by atoms with Crippen LogP contribution in [0.2, 0.25) is 0 Å². The van der Waals surface area contributed by atoms with Crippen molar-refractivity contribution in [3.05, 3.63) is 29.8 Å². The molecule has 1 fully saturated rings. The minimum atomic E-state index is 0.115. The third-order valence-corrected chi connectivity index (χ3v) is 4.10. The predicted molar refractivity (Wildman–Crippen MR) is 75.7 cm³/mol. The zero-order valence-electron chi connectivity index (χ0n) is 11.4. The highest BCUT2D eigenvalue weighted by atomic mass is 16.5. The first-order valence-electron chi connectivity index (χ1n) is 7.19. The monoisotopic (exact) mass is 247 g/mol. The van der Waals surface area contributed by atoms with E-state index in [-0.39, 0.29) is 6.04 Å². The van der Waals surface area contributed by atoms with E-state index in [9.17, 15) is 0 Å². The molecule has 0 radical (unpaired) electrons. The van der Waals surface area contributed by atoms with Gasteiger partial charge in [-0.25, -0.2) is 0 Å². The van der Waals surface area contributed by atoms with Crippen LogP contribution in [0.5, 0.6) is 5.75 Å². The highest BCUT2D eigenvalue weighted by Crippen LogP contribution is 2.32. The van der Waals surface area contributed by atoms with Gasteiger partial charge in [-0.1, -0.05) is 56.7 Å². The molecule has 0 aromatic heterocycles. The van der Waals surface area contributed by atoms with E-state index >= 15 is 0 Å². The van der Waals surface area contributed by atoms with E-state index < -0.39 is 0 Å². The number of benzene rings is 1. The van der Waals surface area contributed by atoms with Crippen LogP contribution in [0.1, 0.15) is 56.6 Å². The fourth-order valence-corrected chi connectivity index (χ4v) is 3.06. The van der Waals surface area contributed by atoms with Crippen LogP contribution < -0.4 is 10.5 Å². The second kappa shape index (κ2) is 6.79. The van der Waals surface area contributed by atoms with Gasteiger partial charge in [-0.2, -0.15) is 0 Å². The summed E-state index contributed by atoms with van der Waals surface area (Å²) in [5.74, 6) is 1.73. The molecule has 1 aromatic rings. The van der Waals surface area contributed by atoms with Crippen molar-refractivity contribution in [1.82, 2.24) is 0 Å². The maximum Gasteiger partial charge on any atom is 0.123 e. The van der Waals surface area contributed by atoms with Crippen molar-refractivity contribution in [2.24, 2.45) is 11.7 Å². The molecule has 0 spiro atoms. The van der Waals surface area contributed by atoms with Crippen LogP contribution in [0, 0.1) is 5.92 Å². The molecule has 0 bridgehead atoms. The highest BCUT2D eigenvalue weighted by molar-refractivity contribution is 5.35. The van der Waals surface area contributed by atoms with Gasteiger partial charge < -0.3 is 10.5 Å². The normalized spacial score (nSPS) is 19.2. The first-order valence-corrected chi connectivity index (χ1v) is 7.19. The second-order valence-corrected chi connectivity index (χ2v) is 5.44. The zero-order chi connectivity index (χ0) is 12.8. The lowest BCUT2D eigenvalue weighted by Crippen LogP contribution is -2.16. The Morgan fingerprint density at radius 3 is 2.50 bits per heavy atom. The number of nitrogens with two attached hydrogens (primary N) is 1. The highest BCUT2D eigenvalue weighted by Gasteiger charge is 2.18. The molecule has 100 valence electrons. The number of methoxy groups -OCH3 is 1. The molecule has 1 aliphatic carbocycles. The lowest BCUT2D eigenvalue weighted by atomic mass is 9.90. The molecule has 1 aromatic carbocycles. The Hall–Kier alpha value is -1.02. The van der Waals surface area contributed by atoms with E-state index in [2.05, 4.69) is 6.07 Å². The number of hydrogen-bond donors (Lipinski definition) is 1. The Morgan fingerprint density at radius 2 is 1.83 bits per heavy atom. The summed E-state index contributed by atoms with van der Waals surface area (Å²) in [6.45, 7) is 0. The van der Waals surface area contributed by atoms with Crippen molar-refractivity contribution in [1.29, 1.82) is 0 Å². The van der Waals surface area contributed by atoms with E-state index in [0.717, 1.165) is 23.7 Å². The van der Waals surface area contributed by atoms with Crippen molar-refractivity contribution in [2.75, 3.05) is 7.11 Å². The molecule has 0 aliphatic heterocycles. The topological polar surface area (TPSA) is 35.2 Å². The Bertz CT molecular complexity index is 356. The lowest BCUT2D eigenvalue weighted by Gasteiger charge is -2.21. The molecule has 1 unspecified atom stereocenters. The maximum atomic E-state index is 6.37. The fraction of sp³-hybridized carbons (Fsp3) is 0.625. The molecule has 2 nitrogen and oxygen atoms in total. The van der Waals surface area contributed by atoms with Crippen molar-refractivity contribution in [3.8, 4) is 5.75 Å². The SMILES string of the molecule is COc1ccccc1C(N)CC1CCCCCC1. The summed E-state index contributed by atoms with van der Waals surface area (Å²) >= 11 is 0. The van der Waals surface area contributed by atoms with Gasteiger partial charge in [0.25, 0.3) is 0 Å². The van der Waals surface area contributed by atoms with Gasteiger partial charge in [-0.05, 0) is 18.4 Å². The molecule has 2 rings (SSSR count). The van der Waals surface area contributed by atoms with Gasteiger partial charge in [0.1, 0.15) is 5.75 Å². The van der Waals surface area contributed by atoms with Gasteiger partial charge in [0.15, 0.2) is 0 Å². The van der Waals surface area contributed by atoms with E-state index in [1.165, 1.54) is 38.5 Å². The third-order valence-electron chi connectivity index (χ3n) is 4.10. The Kier molecular flexibility index (Phi) is 5.06. The van der Waals surface area contributed by atoms with Gasteiger partial charge in [-0.3, -0.25) is 0 Å². The maximum absolute atomic E-state index is 6.37. The predicted octanol–water partition coefficient (Wildman–Crippen LogP) is 4.06. The van der Waals surface area contributed by atoms with Crippen molar-refractivity contribution in [2.45, 2.75) is 51.0 Å². The summed E-state index contributed by atoms with van der Waals surface area (Å²) in [7, 11) is 1.72. The quantitative estimate of drug-likeness (QED) is 0.814. The molecule has 1 aliphatic rings. The zero-order valence-corrected chi connectivity index (χ0v) is 11.4. The molecule has 1 saturated carbocycles. The van der Waals surface area contributed by atoms with Gasteiger partial charge in [-0.15, -0.1) is 0 Å². The number of rotatable bonds is 4. The molecule has 18 heavy (non-hydrogen) atoms.